The van der Waals surface area contributed by atoms with Crippen LogP contribution in [0.4, 0.5) is 0 Å². The van der Waals surface area contributed by atoms with Gasteiger partial charge in [0.25, 0.3) is 0 Å². The molecule has 0 spiro atoms. The maximum Gasteiger partial charge on any atom is 1.00 e. The predicted molar refractivity (Wildman–Crippen MR) is 34.4 cm³/mol. The molecule has 0 aromatic heterocycles. The van der Waals surface area contributed by atoms with Crippen LogP contribution in [0.15, 0.2) is 0 Å². The molecule has 4 nitrogen and oxygen atoms in total. The van der Waals surface area contributed by atoms with Crippen LogP contribution in [0.3, 0.4) is 0 Å². The summed E-state index contributed by atoms with van der Waals surface area (Å²) in [5.41, 5.74) is 0. The zero-order chi connectivity index (χ0) is 7.49. The van der Waals surface area contributed by atoms with Gasteiger partial charge in [0.15, 0.2) is 0 Å². The van der Waals surface area contributed by atoms with Crippen molar-refractivity contribution in [1.82, 2.24) is 0 Å². The van der Waals surface area contributed by atoms with Crippen molar-refractivity contribution in [3.63, 3.8) is 0 Å². The smallest absolute Gasteiger partial charge is 0.748 e. The van der Waals surface area contributed by atoms with Gasteiger partial charge in [-0.15, -0.1) is 0 Å². The van der Waals surface area contributed by atoms with Crippen molar-refractivity contribution >= 4 is 22.7 Å². The third kappa shape index (κ3) is 8.96. The van der Waals surface area contributed by atoms with E-state index in [4.69, 9.17) is 5.11 Å². The second-order valence-corrected chi connectivity index (χ2v) is 3.37. The summed E-state index contributed by atoms with van der Waals surface area (Å²) >= 11 is 3.57. The number of hydrogen-bond acceptors (Lipinski definition) is 5. The van der Waals surface area contributed by atoms with Crippen molar-refractivity contribution in [3.8, 4) is 0 Å². The molecular weight excluding hydrogens is 361 g/mol. The molecule has 0 aliphatic rings. The normalized spacial score (nSPS) is 13.9. The van der Waals surface area contributed by atoms with E-state index in [1.54, 1.807) is 0 Å². The standard InChI is InChI=1S/C3H8O4S2.Au/c4-3(1-8)2-9(5,6)7;/h3-4,8H,1-2H2,(H,5,6,7);/q;+1/p-1. The molecule has 0 rings (SSSR count). The summed E-state index contributed by atoms with van der Waals surface area (Å²) in [6.45, 7) is 0. The van der Waals surface area contributed by atoms with Crippen molar-refractivity contribution < 1.29 is 40.5 Å². The van der Waals surface area contributed by atoms with Crippen molar-refractivity contribution in [2.75, 3.05) is 11.5 Å². The summed E-state index contributed by atoms with van der Waals surface area (Å²) in [4.78, 5) is 0. The fourth-order valence-corrected chi connectivity index (χ4v) is 1.18. The molecule has 0 aromatic carbocycles. The quantitative estimate of drug-likeness (QED) is 0.374. The van der Waals surface area contributed by atoms with E-state index in [-0.39, 0.29) is 28.1 Å². The molecule has 66 valence electrons. The van der Waals surface area contributed by atoms with E-state index in [1.165, 1.54) is 0 Å². The molecule has 0 saturated heterocycles. The first kappa shape index (κ1) is 13.5. The molecule has 7 heteroatoms. The van der Waals surface area contributed by atoms with Gasteiger partial charge in [-0.3, -0.25) is 0 Å². The Morgan fingerprint density at radius 1 is 1.60 bits per heavy atom. The molecule has 0 heterocycles. The van der Waals surface area contributed by atoms with Crippen LogP contribution in [0.5, 0.6) is 0 Å². The van der Waals surface area contributed by atoms with Gasteiger partial charge in [-0.1, -0.05) is 0 Å². The van der Waals surface area contributed by atoms with Crippen LogP contribution < -0.4 is 0 Å². The second kappa shape index (κ2) is 5.59. The van der Waals surface area contributed by atoms with Crippen molar-refractivity contribution in [1.29, 1.82) is 0 Å². The van der Waals surface area contributed by atoms with E-state index in [2.05, 4.69) is 12.6 Å². The molecule has 0 aliphatic heterocycles. The Morgan fingerprint density at radius 2 is 2.00 bits per heavy atom. The Labute approximate surface area is 80.7 Å². The molecule has 0 aliphatic carbocycles. The van der Waals surface area contributed by atoms with Crippen molar-refractivity contribution in [3.05, 3.63) is 0 Å². The zero-order valence-electron chi connectivity index (χ0n) is 4.82. The Hall–Kier alpha value is 0.960. The van der Waals surface area contributed by atoms with Gasteiger partial charge in [0.1, 0.15) is 0 Å². The van der Waals surface area contributed by atoms with Gasteiger partial charge in [-0.05, 0) is 0 Å². The second-order valence-electron chi connectivity index (χ2n) is 1.56. The minimum absolute atomic E-state index is 0. The van der Waals surface area contributed by atoms with Crippen LogP contribution >= 0.6 is 12.6 Å². The fraction of sp³-hybridized carbons (Fsp3) is 1.00. The first-order chi connectivity index (χ1) is 3.95. The molecule has 0 fully saturated rings. The first-order valence-corrected chi connectivity index (χ1v) is 4.39. The zero-order valence-corrected chi connectivity index (χ0v) is 8.70. The van der Waals surface area contributed by atoms with Gasteiger partial charge >= 0.3 is 22.4 Å². The third-order valence-corrected chi connectivity index (χ3v) is 1.82. The monoisotopic (exact) mass is 368 g/mol. The molecule has 0 amide bonds. The maximum absolute atomic E-state index is 9.85. The van der Waals surface area contributed by atoms with Gasteiger partial charge in [-0.2, -0.15) is 12.6 Å². The predicted octanol–water partition coefficient (Wildman–Crippen LogP) is -1.18. The van der Waals surface area contributed by atoms with Crippen molar-refractivity contribution in [2.45, 2.75) is 6.10 Å². The molecular formula is C3H7AuO4S2. The Morgan fingerprint density at radius 3 is 2.10 bits per heavy atom. The molecule has 0 radical (unpaired) electrons. The fourth-order valence-electron chi connectivity index (χ4n) is 0.288. The number of aliphatic hydroxyl groups is 1. The van der Waals surface area contributed by atoms with Crippen LogP contribution in [0.2, 0.25) is 0 Å². The molecule has 10 heavy (non-hydrogen) atoms. The number of hydrogen-bond donors (Lipinski definition) is 2. The van der Waals surface area contributed by atoms with Gasteiger partial charge in [-0.25, -0.2) is 8.42 Å². The minimum atomic E-state index is -4.28. The SMILES string of the molecule is O=S(=O)([O-])CC(O)CS.[Au+]. The van der Waals surface area contributed by atoms with E-state index in [1.807, 2.05) is 0 Å². The molecule has 0 aromatic rings. The maximum atomic E-state index is 9.85. The van der Waals surface area contributed by atoms with Gasteiger partial charge in [0.05, 0.1) is 22.0 Å². The van der Waals surface area contributed by atoms with Crippen LogP contribution in [0.1, 0.15) is 0 Å². The van der Waals surface area contributed by atoms with Crippen LogP contribution in [0, 0.1) is 0 Å². The Bertz CT molecular complexity index is 165. The summed E-state index contributed by atoms with van der Waals surface area (Å²) in [5.74, 6) is -0.766. The summed E-state index contributed by atoms with van der Waals surface area (Å²) in [5, 5.41) is 8.54. The molecule has 1 N–H and O–H groups in total. The van der Waals surface area contributed by atoms with E-state index < -0.39 is 22.0 Å². The van der Waals surface area contributed by atoms with Crippen LogP contribution in [-0.2, 0) is 32.5 Å². The van der Waals surface area contributed by atoms with E-state index >= 15 is 0 Å². The topological polar surface area (TPSA) is 77.4 Å². The number of thiol groups is 1. The minimum Gasteiger partial charge on any atom is -0.748 e. The van der Waals surface area contributed by atoms with Gasteiger partial charge < -0.3 is 9.66 Å². The number of aliphatic hydroxyl groups excluding tert-OH is 1. The molecule has 0 bridgehead atoms. The van der Waals surface area contributed by atoms with E-state index in [9.17, 15) is 13.0 Å². The van der Waals surface area contributed by atoms with Gasteiger partial charge in [0, 0.05) is 5.75 Å². The molecule has 1 atom stereocenters. The Kier molecular flexibility index (Phi) is 7.57. The first-order valence-electron chi connectivity index (χ1n) is 2.18. The molecule has 0 saturated carbocycles. The average Bonchev–Trinajstić information content (AvgIpc) is 1.62. The van der Waals surface area contributed by atoms with Crippen LogP contribution in [0.25, 0.3) is 0 Å². The van der Waals surface area contributed by atoms with E-state index in [0.29, 0.717) is 0 Å². The summed E-state index contributed by atoms with van der Waals surface area (Å²) in [6, 6.07) is 0. The third-order valence-electron chi connectivity index (χ3n) is 0.607. The average molecular weight is 368 g/mol. The Balaban J connectivity index is 0. The summed E-state index contributed by atoms with van der Waals surface area (Å²) < 4.78 is 29.6. The van der Waals surface area contributed by atoms with E-state index in [0.717, 1.165) is 0 Å². The number of rotatable bonds is 3. The van der Waals surface area contributed by atoms with Gasteiger partial charge in [0.2, 0.25) is 0 Å². The summed E-state index contributed by atoms with van der Waals surface area (Å²) in [7, 11) is -4.28. The largest absolute Gasteiger partial charge is 1.00 e. The summed E-state index contributed by atoms with van der Waals surface area (Å²) in [6.07, 6.45) is -1.14. The van der Waals surface area contributed by atoms with Crippen LogP contribution in [-0.4, -0.2) is 35.7 Å². The van der Waals surface area contributed by atoms with Crippen molar-refractivity contribution in [2.24, 2.45) is 0 Å². The molecule has 1 unspecified atom stereocenters.